The predicted molar refractivity (Wildman–Crippen MR) is 90.7 cm³/mol. The first-order valence-electron chi connectivity index (χ1n) is 7.64. The number of anilines is 1. The van der Waals surface area contributed by atoms with Gasteiger partial charge in [0.2, 0.25) is 5.91 Å². The molecule has 0 aromatic heterocycles. The number of carbonyl (C=O) groups is 1. The summed E-state index contributed by atoms with van der Waals surface area (Å²) in [5.74, 6) is -1.20. The molecule has 128 valence electrons. The van der Waals surface area contributed by atoms with Crippen LogP contribution in [0, 0.1) is 27.8 Å². The van der Waals surface area contributed by atoms with E-state index >= 15 is 0 Å². The molecule has 1 aliphatic heterocycles. The Morgan fingerprint density at radius 2 is 2.04 bits per heavy atom. The number of phenolic OH excluding ortho intramolecular Hbond substituents is 1. The van der Waals surface area contributed by atoms with E-state index in [9.17, 15) is 24.4 Å². The average molecular weight is 407 g/mol. The first kappa shape index (κ1) is 16.0. The number of nitro benzene ring substituents is 1. The number of benzene rings is 2. The topological polar surface area (TPSA) is 83.7 Å². The number of carbonyl (C=O) groups excluding carboxylic acids is 1. The van der Waals surface area contributed by atoms with Crippen LogP contribution >= 0.6 is 15.9 Å². The van der Waals surface area contributed by atoms with Gasteiger partial charge >= 0.3 is 0 Å². The van der Waals surface area contributed by atoms with Crippen LogP contribution in [0.5, 0.6) is 5.75 Å². The third kappa shape index (κ3) is 2.39. The fourth-order valence-corrected chi connectivity index (χ4v) is 3.93. The maximum atomic E-state index is 13.8. The van der Waals surface area contributed by atoms with E-state index in [-0.39, 0.29) is 33.7 Å². The third-order valence-electron chi connectivity index (χ3n) is 4.81. The zero-order valence-corrected chi connectivity index (χ0v) is 14.3. The van der Waals surface area contributed by atoms with E-state index in [0.29, 0.717) is 12.0 Å². The Balaban J connectivity index is 1.89. The van der Waals surface area contributed by atoms with Crippen LogP contribution in [-0.4, -0.2) is 15.9 Å². The summed E-state index contributed by atoms with van der Waals surface area (Å²) in [5, 5.41) is 21.6. The number of nitrogens with zero attached hydrogens (tertiary/aromatic N) is 2. The van der Waals surface area contributed by atoms with E-state index in [1.807, 2.05) is 0 Å². The van der Waals surface area contributed by atoms with Crippen molar-refractivity contribution in [1.82, 2.24) is 0 Å². The summed E-state index contributed by atoms with van der Waals surface area (Å²) in [6, 6.07) is 8.18. The molecule has 8 heteroatoms. The van der Waals surface area contributed by atoms with Gasteiger partial charge in [-0.3, -0.25) is 19.8 Å². The second-order valence-corrected chi connectivity index (χ2v) is 7.08. The van der Waals surface area contributed by atoms with Crippen LogP contribution in [0.4, 0.5) is 15.8 Å². The Labute approximate surface area is 150 Å². The largest absolute Gasteiger partial charge is 0.508 e. The lowest BCUT2D eigenvalue weighted by Crippen LogP contribution is -2.32. The van der Waals surface area contributed by atoms with Crippen LogP contribution in [0.3, 0.4) is 0 Å². The van der Waals surface area contributed by atoms with Gasteiger partial charge in [0.15, 0.2) is 0 Å². The van der Waals surface area contributed by atoms with E-state index in [1.165, 1.54) is 17.0 Å². The van der Waals surface area contributed by atoms with Crippen molar-refractivity contribution in [2.45, 2.75) is 12.5 Å². The lowest BCUT2D eigenvalue weighted by atomic mass is 10.0. The van der Waals surface area contributed by atoms with Gasteiger partial charge < -0.3 is 5.11 Å². The lowest BCUT2D eigenvalue weighted by Gasteiger charge is -2.28. The number of piperidine rings is 1. The molecule has 6 nitrogen and oxygen atoms in total. The minimum atomic E-state index is -0.772. The number of para-hydroxylation sites is 1. The van der Waals surface area contributed by atoms with Crippen molar-refractivity contribution in [2.24, 2.45) is 11.8 Å². The van der Waals surface area contributed by atoms with Crippen LogP contribution < -0.4 is 4.90 Å². The number of hydrogen-bond acceptors (Lipinski definition) is 4. The molecule has 0 radical (unpaired) electrons. The third-order valence-corrected chi connectivity index (χ3v) is 5.41. The molecule has 2 aromatic carbocycles. The zero-order chi connectivity index (χ0) is 17.9. The molecule has 3 atom stereocenters. The molecule has 1 aliphatic carbocycles. The average Bonchev–Trinajstić information content (AvgIpc) is 3.30. The maximum absolute atomic E-state index is 13.8. The van der Waals surface area contributed by atoms with Gasteiger partial charge in [0.05, 0.1) is 21.5 Å². The smallest absolute Gasteiger partial charge is 0.295 e. The summed E-state index contributed by atoms with van der Waals surface area (Å²) in [6.07, 6.45) is 0.685. The Bertz CT molecular complexity index is 920. The first-order valence-corrected chi connectivity index (χ1v) is 8.44. The number of hydrogen-bond donors (Lipinski definition) is 1. The highest BCUT2D eigenvalue weighted by molar-refractivity contribution is 9.10. The summed E-state index contributed by atoms with van der Waals surface area (Å²) in [4.78, 5) is 24.7. The van der Waals surface area contributed by atoms with Gasteiger partial charge in [-0.1, -0.05) is 18.2 Å². The van der Waals surface area contributed by atoms with Crippen molar-refractivity contribution in [1.29, 1.82) is 0 Å². The number of amides is 1. The molecule has 1 heterocycles. The molecule has 0 unspecified atom stereocenters. The van der Waals surface area contributed by atoms with Crippen LogP contribution in [0.2, 0.25) is 0 Å². The standard InChI is InChI=1S/C17H12BrFN2O4/c18-11-6-13(14(21(24)25)7-12(11)19)20-16(9-5-10(9)17(20)23)8-3-1-2-4-15(8)22/h1-4,6-7,9-10,16,22H,5H2/t9-,10+,16-/m0/s1. The van der Waals surface area contributed by atoms with Crippen LogP contribution in [0.15, 0.2) is 40.9 Å². The summed E-state index contributed by atoms with van der Waals surface area (Å²) in [6.45, 7) is 0. The van der Waals surface area contributed by atoms with E-state index in [4.69, 9.17) is 0 Å². The van der Waals surface area contributed by atoms with Gasteiger partial charge in [0.25, 0.3) is 5.69 Å². The molecule has 1 saturated carbocycles. The molecule has 1 N–H and O–H groups in total. The number of phenols is 1. The van der Waals surface area contributed by atoms with E-state index in [0.717, 1.165) is 6.07 Å². The molecule has 4 rings (SSSR count). The van der Waals surface area contributed by atoms with Crippen molar-refractivity contribution < 1.29 is 19.2 Å². The lowest BCUT2D eigenvalue weighted by molar-refractivity contribution is -0.384. The summed E-state index contributed by atoms with van der Waals surface area (Å²) in [5.41, 5.74) is 0.0927. The fraction of sp³-hybridized carbons (Fsp3) is 0.235. The number of fused-ring (bicyclic) bond motifs is 1. The summed E-state index contributed by atoms with van der Waals surface area (Å²) < 4.78 is 13.8. The molecule has 25 heavy (non-hydrogen) atoms. The van der Waals surface area contributed by atoms with Crippen molar-refractivity contribution in [3.05, 3.63) is 62.4 Å². The molecule has 2 fully saturated rings. The van der Waals surface area contributed by atoms with Crippen molar-refractivity contribution >= 4 is 33.2 Å². The van der Waals surface area contributed by atoms with E-state index in [2.05, 4.69) is 15.9 Å². The highest BCUT2D eigenvalue weighted by atomic mass is 79.9. The molecule has 2 aromatic rings. The SMILES string of the molecule is O=C1[C@@H]2C[C@@H]2[C@H](c2ccccc2O)N1c1cc(Br)c(F)cc1[N+](=O)[O-]. The molecule has 2 aliphatic rings. The summed E-state index contributed by atoms with van der Waals surface area (Å²) in [7, 11) is 0. The van der Waals surface area contributed by atoms with Crippen molar-refractivity contribution in [3.8, 4) is 5.75 Å². The number of aromatic hydroxyl groups is 1. The van der Waals surface area contributed by atoms with Gasteiger partial charge in [0.1, 0.15) is 17.3 Å². The van der Waals surface area contributed by atoms with Gasteiger partial charge in [-0.25, -0.2) is 4.39 Å². The van der Waals surface area contributed by atoms with Gasteiger partial charge in [0, 0.05) is 11.5 Å². The molecule has 0 bridgehead atoms. The minimum Gasteiger partial charge on any atom is -0.508 e. The molecular weight excluding hydrogens is 395 g/mol. The quantitative estimate of drug-likeness (QED) is 0.618. The fourth-order valence-electron chi connectivity index (χ4n) is 3.60. The van der Waals surface area contributed by atoms with Gasteiger partial charge in [-0.2, -0.15) is 0 Å². The van der Waals surface area contributed by atoms with Crippen LogP contribution in [0.25, 0.3) is 0 Å². The Hall–Kier alpha value is -2.48. The molecule has 0 spiro atoms. The maximum Gasteiger partial charge on any atom is 0.295 e. The van der Waals surface area contributed by atoms with Gasteiger partial charge in [-0.15, -0.1) is 0 Å². The first-order chi connectivity index (χ1) is 11.9. The second kappa shape index (κ2) is 5.52. The van der Waals surface area contributed by atoms with Crippen LogP contribution in [-0.2, 0) is 4.79 Å². The Morgan fingerprint density at radius 3 is 2.72 bits per heavy atom. The number of rotatable bonds is 3. The van der Waals surface area contributed by atoms with Gasteiger partial charge in [-0.05, 0) is 40.4 Å². The highest BCUT2D eigenvalue weighted by Crippen LogP contribution is 2.60. The summed E-state index contributed by atoms with van der Waals surface area (Å²) >= 11 is 3.03. The number of nitro groups is 1. The number of halogens is 2. The van der Waals surface area contributed by atoms with E-state index < -0.39 is 22.5 Å². The monoisotopic (exact) mass is 406 g/mol. The molecule has 1 amide bonds. The normalized spacial score (nSPS) is 24.3. The highest BCUT2D eigenvalue weighted by Gasteiger charge is 2.60. The van der Waals surface area contributed by atoms with Crippen molar-refractivity contribution in [2.75, 3.05) is 4.90 Å². The zero-order valence-electron chi connectivity index (χ0n) is 12.7. The Morgan fingerprint density at radius 1 is 1.32 bits per heavy atom. The Kier molecular flexibility index (Phi) is 3.54. The van der Waals surface area contributed by atoms with E-state index in [1.54, 1.807) is 18.2 Å². The van der Waals surface area contributed by atoms with Crippen LogP contribution in [0.1, 0.15) is 18.0 Å². The molecular formula is C17H12BrFN2O4. The second-order valence-electron chi connectivity index (χ2n) is 6.23. The predicted octanol–water partition coefficient (Wildman–Crippen LogP) is 3.93. The molecule has 1 saturated heterocycles. The minimum absolute atomic E-state index is 0.00997. The van der Waals surface area contributed by atoms with Crippen molar-refractivity contribution in [3.63, 3.8) is 0 Å².